The smallest absolute Gasteiger partial charge is 0.275 e. The molecular formula is C48H52N6O6. The number of carbonyl (C=O) groups is 2. The third-order valence-corrected chi connectivity index (χ3v) is 13.9. The molecule has 4 aliphatic heterocycles. The minimum absolute atomic E-state index is 0.0491. The number of hydrogen-bond acceptors (Lipinski definition) is 7. The Hall–Kier alpha value is -6.30. The number of carbonyl (C=O) groups excluding carboxylic acids is 2. The maximum absolute atomic E-state index is 13.6. The van der Waals surface area contributed by atoms with Crippen molar-refractivity contribution in [3.63, 3.8) is 0 Å². The molecule has 2 aromatic heterocycles. The molecule has 4 aromatic carbocycles. The molecule has 10 rings (SSSR count). The number of aromatic amines is 2. The van der Waals surface area contributed by atoms with Crippen LogP contribution in [0.1, 0.15) is 80.9 Å². The number of rotatable bonds is 3. The van der Waals surface area contributed by atoms with Gasteiger partial charge in [-0.3, -0.25) is 19.7 Å². The van der Waals surface area contributed by atoms with Gasteiger partial charge >= 0.3 is 0 Å². The van der Waals surface area contributed by atoms with E-state index in [4.69, 9.17) is 15.2 Å². The van der Waals surface area contributed by atoms with Gasteiger partial charge in [-0.05, 0) is 108 Å². The van der Waals surface area contributed by atoms with Gasteiger partial charge in [0.25, 0.3) is 17.5 Å². The standard InChI is InChI=1S/C24H25N3O4.C24H27N3O2/c1-13-14(2)22-18(15(3)21(13)27(29)30)11-24(4,31-22)23(28)26-10-9-17-16-7-5-6-8-19(16)25-20(17)12-26;1-13-14(2)22-18(15(3)21(13)25)11-24(4,29-22)23(28)27-10-9-17-16-7-5-6-8-19(16)26-20(17)12-27/h5-8,25H,9-12H2,1-4H3;5-8,26H,9-12,25H2,1-4H3. The SMILES string of the molecule is Cc1c(C)c([N+](=O)[O-])c(C)c2c1OC(C)(C(=O)N1CCc3c([nH]c4ccccc34)C1)C2.Cc1c(C)c2c(c(C)c1N)CC(C)(C(=O)N1CCc3c([nH]c4ccccc34)C1)O2. The molecule has 0 spiro atoms. The molecule has 4 aliphatic rings. The van der Waals surface area contributed by atoms with Crippen molar-refractivity contribution in [1.29, 1.82) is 0 Å². The molecule has 6 aromatic rings. The largest absolute Gasteiger partial charge is 0.477 e. The van der Waals surface area contributed by atoms with Gasteiger partial charge in [-0.1, -0.05) is 36.4 Å². The molecule has 60 heavy (non-hydrogen) atoms. The molecule has 4 N–H and O–H groups in total. The summed E-state index contributed by atoms with van der Waals surface area (Å²) in [6.45, 7) is 17.5. The van der Waals surface area contributed by atoms with Crippen molar-refractivity contribution >= 4 is 45.0 Å². The van der Waals surface area contributed by atoms with E-state index in [0.717, 1.165) is 80.1 Å². The number of H-pyrrole nitrogens is 2. The third-order valence-electron chi connectivity index (χ3n) is 13.9. The summed E-state index contributed by atoms with van der Waals surface area (Å²) in [7, 11) is 0. The number of nitrogens with zero attached hydrogens (tertiary/aromatic N) is 3. The predicted octanol–water partition coefficient (Wildman–Crippen LogP) is 8.23. The molecule has 0 radical (unpaired) electrons. The second-order valence-corrected chi connectivity index (χ2v) is 17.6. The van der Waals surface area contributed by atoms with Crippen molar-refractivity contribution in [3.8, 4) is 11.5 Å². The van der Waals surface area contributed by atoms with E-state index in [0.29, 0.717) is 55.9 Å². The zero-order chi connectivity index (χ0) is 42.6. The lowest BCUT2D eigenvalue weighted by Gasteiger charge is -2.33. The van der Waals surface area contributed by atoms with E-state index in [1.807, 2.05) is 62.6 Å². The lowest BCUT2D eigenvalue weighted by molar-refractivity contribution is -0.386. The topological polar surface area (TPSA) is 160 Å². The summed E-state index contributed by atoms with van der Waals surface area (Å²) >= 11 is 0. The van der Waals surface area contributed by atoms with Gasteiger partial charge in [-0.2, -0.15) is 0 Å². The van der Waals surface area contributed by atoms with E-state index in [2.05, 4.69) is 40.3 Å². The van der Waals surface area contributed by atoms with Gasteiger partial charge < -0.3 is 35.0 Å². The Morgan fingerprint density at radius 2 is 1.08 bits per heavy atom. The summed E-state index contributed by atoms with van der Waals surface area (Å²) in [5, 5.41) is 14.1. The maximum Gasteiger partial charge on any atom is 0.275 e. The number of anilines is 1. The molecule has 2 unspecified atom stereocenters. The zero-order valence-electron chi connectivity index (χ0n) is 35.6. The highest BCUT2D eigenvalue weighted by molar-refractivity contribution is 5.91. The summed E-state index contributed by atoms with van der Waals surface area (Å²) in [5.74, 6) is 1.44. The fraction of sp³-hybridized carbons (Fsp3) is 0.375. The minimum atomic E-state index is -1.07. The first-order valence-corrected chi connectivity index (χ1v) is 20.8. The van der Waals surface area contributed by atoms with Crippen LogP contribution in [0.5, 0.6) is 11.5 Å². The number of ether oxygens (including phenoxy) is 2. The number of nitrogen functional groups attached to an aromatic ring is 1. The minimum Gasteiger partial charge on any atom is -0.477 e. The molecular weight excluding hydrogens is 757 g/mol. The summed E-state index contributed by atoms with van der Waals surface area (Å²) in [4.78, 5) is 49.2. The number of nitro benzene ring substituents is 1. The number of fused-ring (bicyclic) bond motifs is 8. The van der Waals surface area contributed by atoms with E-state index in [1.54, 1.807) is 20.8 Å². The van der Waals surface area contributed by atoms with Gasteiger partial charge in [0.2, 0.25) is 0 Å². The number of aromatic nitrogens is 2. The molecule has 2 atom stereocenters. The lowest BCUT2D eigenvalue weighted by atomic mass is 9.90. The Morgan fingerprint density at radius 1 is 0.650 bits per heavy atom. The fourth-order valence-corrected chi connectivity index (χ4v) is 10.2. The Kier molecular flexibility index (Phi) is 9.07. The predicted molar refractivity (Wildman–Crippen MR) is 233 cm³/mol. The van der Waals surface area contributed by atoms with Crippen molar-refractivity contribution in [1.82, 2.24) is 19.8 Å². The van der Waals surface area contributed by atoms with Crippen molar-refractivity contribution in [2.24, 2.45) is 0 Å². The van der Waals surface area contributed by atoms with Gasteiger partial charge in [-0.25, -0.2) is 0 Å². The van der Waals surface area contributed by atoms with Crippen LogP contribution in [0.25, 0.3) is 21.8 Å². The highest BCUT2D eigenvalue weighted by Crippen LogP contribution is 2.47. The summed E-state index contributed by atoms with van der Waals surface area (Å²) in [5.41, 5.74) is 19.2. The average Bonchev–Trinajstić information content (AvgIpc) is 4.01. The van der Waals surface area contributed by atoms with E-state index in [1.165, 1.54) is 21.9 Å². The summed E-state index contributed by atoms with van der Waals surface area (Å²) in [6, 6.07) is 16.6. The molecule has 0 saturated heterocycles. The number of nitro groups is 1. The Labute approximate surface area is 349 Å². The first-order chi connectivity index (χ1) is 28.5. The second kappa shape index (κ2) is 13.9. The molecule has 0 bridgehead atoms. The van der Waals surface area contributed by atoms with Crippen molar-refractivity contribution in [3.05, 3.63) is 126 Å². The van der Waals surface area contributed by atoms with E-state index >= 15 is 0 Å². The molecule has 0 saturated carbocycles. The molecule has 12 heteroatoms. The van der Waals surface area contributed by atoms with Crippen LogP contribution < -0.4 is 15.2 Å². The van der Waals surface area contributed by atoms with Gasteiger partial charge in [-0.15, -0.1) is 0 Å². The van der Waals surface area contributed by atoms with E-state index < -0.39 is 11.2 Å². The van der Waals surface area contributed by atoms with E-state index in [-0.39, 0.29) is 22.4 Å². The number of nitrogens with one attached hydrogen (secondary N) is 2. The van der Waals surface area contributed by atoms with Crippen molar-refractivity contribution in [2.75, 3.05) is 18.8 Å². The van der Waals surface area contributed by atoms with Crippen LogP contribution in [0.3, 0.4) is 0 Å². The van der Waals surface area contributed by atoms with E-state index in [9.17, 15) is 19.7 Å². The van der Waals surface area contributed by atoms with Crippen LogP contribution in [-0.4, -0.2) is 60.8 Å². The number of nitrogens with two attached hydrogens (primary N) is 1. The van der Waals surface area contributed by atoms with Crippen LogP contribution in [0.4, 0.5) is 11.4 Å². The Bertz CT molecular complexity index is 2800. The highest BCUT2D eigenvalue weighted by atomic mass is 16.6. The van der Waals surface area contributed by atoms with Gasteiger partial charge in [0.05, 0.1) is 18.0 Å². The van der Waals surface area contributed by atoms with Gasteiger partial charge in [0.1, 0.15) is 11.5 Å². The summed E-state index contributed by atoms with van der Waals surface area (Å²) < 4.78 is 12.6. The zero-order valence-corrected chi connectivity index (χ0v) is 35.6. The second-order valence-electron chi connectivity index (χ2n) is 17.6. The average molecular weight is 809 g/mol. The number of hydrogen-bond donors (Lipinski definition) is 3. The van der Waals surface area contributed by atoms with Crippen LogP contribution in [0, 0.1) is 51.7 Å². The Morgan fingerprint density at radius 3 is 1.55 bits per heavy atom. The van der Waals surface area contributed by atoms with Crippen molar-refractivity contribution < 1.29 is 24.0 Å². The van der Waals surface area contributed by atoms with Crippen LogP contribution in [0.2, 0.25) is 0 Å². The first kappa shape index (κ1) is 39.2. The molecule has 310 valence electrons. The lowest BCUT2D eigenvalue weighted by Crippen LogP contribution is -2.51. The summed E-state index contributed by atoms with van der Waals surface area (Å²) in [6.07, 6.45) is 2.55. The molecule has 12 nitrogen and oxygen atoms in total. The molecule has 0 aliphatic carbocycles. The Balaban J connectivity index is 0.000000154. The highest BCUT2D eigenvalue weighted by Gasteiger charge is 2.49. The van der Waals surface area contributed by atoms with Crippen molar-refractivity contribution in [2.45, 2.75) is 105 Å². The number of benzene rings is 4. The first-order valence-electron chi connectivity index (χ1n) is 20.8. The quantitative estimate of drug-likeness (QED) is 0.0923. The molecule has 6 heterocycles. The monoisotopic (exact) mass is 808 g/mol. The molecule has 0 fully saturated rings. The van der Waals surface area contributed by atoms with Gasteiger partial charge in [0.15, 0.2) is 11.2 Å². The number of amides is 2. The molecule has 2 amide bonds. The normalized spacial score (nSPS) is 20.1. The van der Waals surface area contributed by atoms with Crippen LogP contribution in [-0.2, 0) is 48.4 Å². The third kappa shape index (κ3) is 5.93. The van der Waals surface area contributed by atoms with Crippen LogP contribution in [0.15, 0.2) is 48.5 Å². The number of para-hydroxylation sites is 2. The van der Waals surface area contributed by atoms with Crippen LogP contribution >= 0.6 is 0 Å². The fourth-order valence-electron chi connectivity index (χ4n) is 10.2. The van der Waals surface area contributed by atoms with Gasteiger partial charge in [0, 0.05) is 92.6 Å². The maximum atomic E-state index is 13.6.